The molecular formula is C54H38N8. The molecule has 0 N–H and O–H groups in total. The Morgan fingerprint density at radius 2 is 0.435 bits per heavy atom. The van der Waals surface area contributed by atoms with E-state index in [0.29, 0.717) is 35.2 Å². The minimum Gasteiger partial charge on any atom is -0.311 e. The zero-order chi connectivity index (χ0) is 41.5. The predicted molar refractivity (Wildman–Crippen MR) is 250 cm³/mol. The van der Waals surface area contributed by atoms with Crippen LogP contribution in [0.1, 0.15) is 0 Å². The summed E-state index contributed by atoms with van der Waals surface area (Å²) in [6.07, 6.45) is 0. The maximum absolute atomic E-state index is 5.14. The zero-order valence-electron chi connectivity index (χ0n) is 33.5. The summed E-state index contributed by atoms with van der Waals surface area (Å²) in [6, 6.07) is 77.6. The van der Waals surface area contributed by atoms with Gasteiger partial charge in [-0.05, 0) is 59.7 Å². The molecule has 8 aromatic carbocycles. The van der Waals surface area contributed by atoms with E-state index in [4.69, 9.17) is 29.9 Å². The molecule has 0 atom stereocenters. The van der Waals surface area contributed by atoms with Crippen LogP contribution in [0.4, 0.5) is 34.6 Å². The largest absolute Gasteiger partial charge is 0.311 e. The molecular weight excluding hydrogens is 761 g/mol. The van der Waals surface area contributed by atoms with E-state index >= 15 is 0 Å². The highest BCUT2D eigenvalue weighted by atomic mass is 15.4. The average molecular weight is 799 g/mol. The minimum atomic E-state index is 0.362. The summed E-state index contributed by atoms with van der Waals surface area (Å²) in [7, 11) is 0. The quantitative estimate of drug-likeness (QED) is 0.128. The number of para-hydroxylation sites is 2. The Bertz CT molecular complexity index is 2750. The first-order valence-corrected chi connectivity index (χ1v) is 20.4. The fraction of sp³-hybridized carbons (Fsp3) is 0. The van der Waals surface area contributed by atoms with Gasteiger partial charge < -0.3 is 4.90 Å². The van der Waals surface area contributed by atoms with Gasteiger partial charge in [0.25, 0.3) is 0 Å². The molecule has 294 valence electrons. The lowest BCUT2D eigenvalue weighted by Crippen LogP contribution is -2.19. The van der Waals surface area contributed by atoms with Crippen LogP contribution in [-0.4, -0.2) is 29.9 Å². The summed E-state index contributed by atoms with van der Waals surface area (Å²) in [6.45, 7) is 0. The van der Waals surface area contributed by atoms with Gasteiger partial charge in [-0.3, -0.25) is 0 Å². The van der Waals surface area contributed by atoms with Crippen molar-refractivity contribution in [1.29, 1.82) is 0 Å². The molecule has 8 nitrogen and oxygen atoms in total. The lowest BCUT2D eigenvalue weighted by molar-refractivity contribution is 0.964. The molecule has 0 saturated heterocycles. The summed E-state index contributed by atoms with van der Waals surface area (Å²) in [5.74, 6) is 2.82. The molecule has 2 aromatic heterocycles. The second-order valence-electron chi connectivity index (χ2n) is 14.5. The highest BCUT2D eigenvalue weighted by molar-refractivity contribution is 5.80. The molecule has 0 aliphatic rings. The molecule has 62 heavy (non-hydrogen) atoms. The first-order valence-electron chi connectivity index (χ1n) is 20.4. The monoisotopic (exact) mass is 798 g/mol. The van der Waals surface area contributed by atoms with Crippen LogP contribution in [0.2, 0.25) is 0 Å². The van der Waals surface area contributed by atoms with Gasteiger partial charge in [-0.1, -0.05) is 182 Å². The van der Waals surface area contributed by atoms with E-state index < -0.39 is 0 Å². The number of benzene rings is 8. The third-order valence-corrected chi connectivity index (χ3v) is 10.4. The number of rotatable bonds is 11. The molecule has 0 fully saturated rings. The SMILES string of the molecule is c1ccc(-c2nc(-c3ccccc3)nc(N(c3ccc(-c4ccc(N(c5ccccc5)c5ccccc5)cc4)cc3)c3nc(-c4ccccc4)nc(-c4ccccc4)n3)n2)cc1. The second kappa shape index (κ2) is 17.3. The third-order valence-electron chi connectivity index (χ3n) is 10.4. The van der Waals surface area contributed by atoms with Gasteiger partial charge >= 0.3 is 0 Å². The highest BCUT2D eigenvalue weighted by Gasteiger charge is 2.24. The van der Waals surface area contributed by atoms with Crippen LogP contribution in [0.3, 0.4) is 0 Å². The minimum absolute atomic E-state index is 0.362. The van der Waals surface area contributed by atoms with Gasteiger partial charge in [0.2, 0.25) is 11.9 Å². The van der Waals surface area contributed by atoms with Gasteiger partial charge in [-0.25, -0.2) is 14.9 Å². The maximum Gasteiger partial charge on any atom is 0.241 e. The first-order chi connectivity index (χ1) is 30.7. The smallest absolute Gasteiger partial charge is 0.241 e. The fourth-order valence-electron chi connectivity index (χ4n) is 7.32. The van der Waals surface area contributed by atoms with E-state index in [9.17, 15) is 0 Å². The lowest BCUT2D eigenvalue weighted by atomic mass is 10.0. The van der Waals surface area contributed by atoms with Crippen LogP contribution >= 0.6 is 0 Å². The van der Waals surface area contributed by atoms with Crippen LogP contribution in [0, 0.1) is 0 Å². The van der Waals surface area contributed by atoms with Crippen molar-refractivity contribution in [2.75, 3.05) is 9.80 Å². The van der Waals surface area contributed by atoms with Crippen molar-refractivity contribution < 1.29 is 0 Å². The summed E-state index contributed by atoms with van der Waals surface area (Å²) >= 11 is 0. The van der Waals surface area contributed by atoms with Crippen molar-refractivity contribution in [3.05, 3.63) is 231 Å². The van der Waals surface area contributed by atoms with Crippen molar-refractivity contribution in [1.82, 2.24) is 29.9 Å². The molecule has 10 rings (SSSR count). The molecule has 0 amide bonds. The summed E-state index contributed by atoms with van der Waals surface area (Å²) < 4.78 is 0. The standard InChI is InChI=1S/C54H38N8/c1-7-19-41(20-8-1)49-55-50(42-21-9-2-10-22-42)58-53(57-49)62(54-59-51(43-23-11-3-12-24-43)56-52(60-54)44-25-13-4-14-26-44)48-37-33-40(34-38-48)39-31-35-47(36-32-39)61(45-27-15-5-16-28-45)46-29-17-6-18-30-46/h1-38H. The molecule has 0 radical (unpaired) electrons. The van der Waals surface area contributed by atoms with Gasteiger partial charge in [0.05, 0.1) is 5.69 Å². The Kier molecular flexibility index (Phi) is 10.5. The molecule has 0 bridgehead atoms. The number of nitrogens with zero attached hydrogens (tertiary/aromatic N) is 8. The molecule has 0 aliphatic heterocycles. The molecule has 2 heterocycles. The number of hydrogen-bond donors (Lipinski definition) is 0. The molecule has 0 spiro atoms. The van der Waals surface area contributed by atoms with E-state index in [1.807, 2.05) is 138 Å². The van der Waals surface area contributed by atoms with Crippen molar-refractivity contribution in [2.45, 2.75) is 0 Å². The Balaban J connectivity index is 1.11. The van der Waals surface area contributed by atoms with Crippen LogP contribution in [0.5, 0.6) is 0 Å². The van der Waals surface area contributed by atoms with Gasteiger partial charge in [-0.2, -0.15) is 19.9 Å². The average Bonchev–Trinajstić information content (AvgIpc) is 3.36. The number of anilines is 6. The van der Waals surface area contributed by atoms with Crippen LogP contribution in [0.15, 0.2) is 231 Å². The Labute approximate surface area is 360 Å². The van der Waals surface area contributed by atoms with E-state index in [-0.39, 0.29) is 0 Å². The van der Waals surface area contributed by atoms with Crippen molar-refractivity contribution >= 4 is 34.6 Å². The Hall–Kier alpha value is -8.62. The molecule has 10 aromatic rings. The van der Waals surface area contributed by atoms with E-state index in [1.54, 1.807) is 0 Å². The normalized spacial score (nSPS) is 10.9. The van der Waals surface area contributed by atoms with Gasteiger partial charge in [-0.15, -0.1) is 0 Å². The van der Waals surface area contributed by atoms with Crippen LogP contribution in [0.25, 0.3) is 56.7 Å². The van der Waals surface area contributed by atoms with E-state index in [0.717, 1.165) is 56.1 Å². The molecule has 0 aliphatic carbocycles. The van der Waals surface area contributed by atoms with Crippen molar-refractivity contribution in [3.8, 4) is 56.7 Å². The maximum atomic E-state index is 5.14. The molecule has 8 heteroatoms. The topological polar surface area (TPSA) is 83.8 Å². The van der Waals surface area contributed by atoms with Crippen LogP contribution in [-0.2, 0) is 0 Å². The molecule has 0 unspecified atom stereocenters. The van der Waals surface area contributed by atoms with Gasteiger partial charge in [0.1, 0.15) is 0 Å². The van der Waals surface area contributed by atoms with Crippen molar-refractivity contribution in [2.24, 2.45) is 0 Å². The fourth-order valence-corrected chi connectivity index (χ4v) is 7.32. The van der Waals surface area contributed by atoms with Crippen LogP contribution < -0.4 is 9.80 Å². The highest BCUT2D eigenvalue weighted by Crippen LogP contribution is 2.38. The Morgan fingerprint density at radius 1 is 0.194 bits per heavy atom. The number of hydrogen-bond acceptors (Lipinski definition) is 8. The van der Waals surface area contributed by atoms with E-state index in [1.165, 1.54) is 0 Å². The Morgan fingerprint density at radius 3 is 0.726 bits per heavy atom. The second-order valence-corrected chi connectivity index (χ2v) is 14.5. The summed E-state index contributed by atoms with van der Waals surface area (Å²) in [5, 5.41) is 0. The lowest BCUT2D eigenvalue weighted by Gasteiger charge is -2.25. The van der Waals surface area contributed by atoms with Gasteiger partial charge in [0, 0.05) is 39.3 Å². The summed E-state index contributed by atoms with van der Waals surface area (Å²) in [4.78, 5) is 34.7. The molecule has 0 saturated carbocycles. The third kappa shape index (κ3) is 8.04. The van der Waals surface area contributed by atoms with E-state index in [2.05, 4.69) is 102 Å². The number of aromatic nitrogens is 6. The first kappa shape index (κ1) is 37.6. The zero-order valence-corrected chi connectivity index (χ0v) is 33.5. The van der Waals surface area contributed by atoms with Gasteiger partial charge in [0.15, 0.2) is 23.3 Å². The predicted octanol–water partition coefficient (Wildman–Crippen LogP) is 13.3. The van der Waals surface area contributed by atoms with Crippen molar-refractivity contribution in [3.63, 3.8) is 0 Å². The summed E-state index contributed by atoms with van der Waals surface area (Å²) in [5.41, 5.74) is 9.54.